The zero-order valence-corrected chi connectivity index (χ0v) is 11.1. The van der Waals surface area contributed by atoms with Crippen molar-refractivity contribution in [2.45, 2.75) is 31.4 Å². The molecule has 0 aliphatic heterocycles. The molecule has 0 saturated heterocycles. The van der Waals surface area contributed by atoms with Crippen molar-refractivity contribution in [3.63, 3.8) is 0 Å². The van der Waals surface area contributed by atoms with Crippen LogP contribution in [0.3, 0.4) is 0 Å². The zero-order chi connectivity index (χ0) is 13.0. The number of hydrogen-bond acceptors (Lipinski definition) is 4. The van der Waals surface area contributed by atoms with Crippen molar-refractivity contribution in [3.05, 3.63) is 33.9 Å². The van der Waals surface area contributed by atoms with Crippen molar-refractivity contribution in [2.75, 3.05) is 11.5 Å². The minimum absolute atomic E-state index is 0.000423. The molecule has 4 nitrogen and oxygen atoms in total. The van der Waals surface area contributed by atoms with Crippen molar-refractivity contribution >= 4 is 23.1 Å². The molecule has 2 rings (SSSR count). The highest BCUT2D eigenvalue weighted by molar-refractivity contribution is 7.98. The third-order valence-corrected chi connectivity index (χ3v) is 4.63. The van der Waals surface area contributed by atoms with Crippen molar-refractivity contribution in [2.24, 2.45) is 5.92 Å². The molecule has 1 aliphatic rings. The molecule has 1 aromatic rings. The van der Waals surface area contributed by atoms with Crippen molar-refractivity contribution in [3.8, 4) is 0 Å². The van der Waals surface area contributed by atoms with Crippen LogP contribution < -0.4 is 5.73 Å². The Hall–Kier alpha value is -1.23. The number of thioether (sulfide) groups is 1. The first-order valence-corrected chi connectivity index (χ1v) is 7.43. The first-order valence-electron chi connectivity index (χ1n) is 6.27. The van der Waals surface area contributed by atoms with E-state index in [-0.39, 0.29) is 11.4 Å². The number of hydrogen-bond donors (Lipinski definition) is 1. The maximum absolute atomic E-state index is 10.6. The summed E-state index contributed by atoms with van der Waals surface area (Å²) in [5.74, 6) is 2.95. The number of nitrogens with zero attached hydrogens (tertiary/aromatic N) is 1. The van der Waals surface area contributed by atoms with Gasteiger partial charge in [0.1, 0.15) is 5.69 Å². The van der Waals surface area contributed by atoms with Crippen LogP contribution in [0.4, 0.5) is 11.4 Å². The molecule has 0 radical (unpaired) electrons. The summed E-state index contributed by atoms with van der Waals surface area (Å²) in [7, 11) is 0. The molecule has 1 aliphatic carbocycles. The van der Waals surface area contributed by atoms with Crippen LogP contribution >= 0.6 is 11.8 Å². The summed E-state index contributed by atoms with van der Waals surface area (Å²) >= 11 is 1.90. The number of benzene rings is 1. The van der Waals surface area contributed by atoms with Crippen LogP contribution in [0, 0.1) is 16.0 Å². The summed E-state index contributed by atoms with van der Waals surface area (Å²) in [5.41, 5.74) is 7.00. The molecule has 1 fully saturated rings. The van der Waals surface area contributed by atoms with Crippen LogP contribution in [0.25, 0.3) is 0 Å². The second kappa shape index (κ2) is 6.09. The van der Waals surface area contributed by atoms with E-state index in [1.807, 2.05) is 11.8 Å². The van der Waals surface area contributed by atoms with Crippen LogP contribution in [0.5, 0.6) is 0 Å². The molecular weight excluding hydrogens is 248 g/mol. The number of anilines is 1. The van der Waals surface area contributed by atoms with Crippen LogP contribution in [0.1, 0.15) is 31.2 Å². The lowest BCUT2D eigenvalue weighted by Crippen LogP contribution is -1.98. The summed E-state index contributed by atoms with van der Waals surface area (Å²) in [6, 6.07) is 5.02. The molecule has 0 heterocycles. The van der Waals surface area contributed by atoms with E-state index in [2.05, 4.69) is 0 Å². The summed E-state index contributed by atoms with van der Waals surface area (Å²) in [6.45, 7) is 0. The van der Waals surface area contributed by atoms with Crippen molar-refractivity contribution < 1.29 is 4.92 Å². The van der Waals surface area contributed by atoms with Gasteiger partial charge in [0.15, 0.2) is 0 Å². The molecule has 0 aromatic heterocycles. The van der Waals surface area contributed by atoms with Gasteiger partial charge in [0.25, 0.3) is 5.69 Å². The molecule has 1 saturated carbocycles. The Balaban J connectivity index is 1.85. The second-order valence-electron chi connectivity index (χ2n) is 4.82. The molecule has 1 aromatic carbocycles. The number of nitrogen functional groups attached to an aromatic ring is 1. The van der Waals surface area contributed by atoms with E-state index in [1.165, 1.54) is 37.5 Å². The lowest BCUT2D eigenvalue weighted by atomic mass is 10.1. The van der Waals surface area contributed by atoms with E-state index in [4.69, 9.17) is 5.73 Å². The number of nitro benzene ring substituents is 1. The van der Waals surface area contributed by atoms with Gasteiger partial charge in [-0.3, -0.25) is 10.1 Å². The largest absolute Gasteiger partial charge is 0.393 e. The Morgan fingerprint density at radius 3 is 2.72 bits per heavy atom. The average molecular weight is 266 g/mol. The molecule has 98 valence electrons. The normalized spacial score (nSPS) is 16.0. The van der Waals surface area contributed by atoms with E-state index in [9.17, 15) is 10.1 Å². The Kier molecular flexibility index (Phi) is 4.47. The first kappa shape index (κ1) is 13.2. The van der Waals surface area contributed by atoms with Gasteiger partial charge in [0, 0.05) is 11.8 Å². The molecule has 0 spiro atoms. The molecular formula is C13H18N2O2S. The highest BCUT2D eigenvalue weighted by Crippen LogP contribution is 2.30. The summed E-state index contributed by atoms with van der Waals surface area (Å²) < 4.78 is 0. The Bertz CT molecular complexity index is 431. The van der Waals surface area contributed by atoms with Crippen LogP contribution in [0.15, 0.2) is 18.2 Å². The minimum Gasteiger partial charge on any atom is -0.393 e. The van der Waals surface area contributed by atoms with Gasteiger partial charge in [-0.1, -0.05) is 18.9 Å². The lowest BCUT2D eigenvalue weighted by molar-refractivity contribution is -0.383. The predicted molar refractivity (Wildman–Crippen MR) is 75.6 cm³/mol. The monoisotopic (exact) mass is 266 g/mol. The van der Waals surface area contributed by atoms with Crippen LogP contribution in [0.2, 0.25) is 0 Å². The topological polar surface area (TPSA) is 69.2 Å². The molecule has 5 heteroatoms. The fourth-order valence-corrected chi connectivity index (χ4v) is 3.58. The third-order valence-electron chi connectivity index (χ3n) is 3.39. The molecule has 2 N–H and O–H groups in total. The molecule has 0 unspecified atom stereocenters. The lowest BCUT2D eigenvalue weighted by Gasteiger charge is -2.08. The highest BCUT2D eigenvalue weighted by atomic mass is 32.2. The average Bonchev–Trinajstić information content (AvgIpc) is 2.81. The summed E-state index contributed by atoms with van der Waals surface area (Å²) in [6.07, 6.45) is 5.45. The van der Waals surface area contributed by atoms with Crippen molar-refractivity contribution in [1.82, 2.24) is 0 Å². The van der Waals surface area contributed by atoms with Gasteiger partial charge >= 0.3 is 0 Å². The quantitative estimate of drug-likeness (QED) is 0.502. The maximum Gasteiger partial charge on any atom is 0.292 e. The standard InChI is InChI=1S/C13H18N2O2S/c14-12-7-11(5-6-13(12)15(16)17)9-18-8-10-3-1-2-4-10/h5-7,10H,1-4,8-9,14H2. The molecule has 0 atom stereocenters. The van der Waals surface area contributed by atoms with Crippen LogP contribution in [-0.4, -0.2) is 10.7 Å². The summed E-state index contributed by atoms with van der Waals surface area (Å²) in [4.78, 5) is 10.2. The third kappa shape index (κ3) is 3.38. The van der Waals surface area contributed by atoms with E-state index in [0.717, 1.165) is 17.2 Å². The van der Waals surface area contributed by atoms with Gasteiger partial charge in [-0.25, -0.2) is 0 Å². The smallest absolute Gasteiger partial charge is 0.292 e. The zero-order valence-electron chi connectivity index (χ0n) is 10.3. The Labute approximate surface area is 111 Å². The van der Waals surface area contributed by atoms with Gasteiger partial charge in [-0.05, 0) is 36.1 Å². The molecule has 0 bridgehead atoms. The maximum atomic E-state index is 10.6. The van der Waals surface area contributed by atoms with E-state index in [1.54, 1.807) is 12.1 Å². The highest BCUT2D eigenvalue weighted by Gasteiger charge is 2.15. The van der Waals surface area contributed by atoms with Gasteiger partial charge < -0.3 is 5.73 Å². The molecule has 0 amide bonds. The Morgan fingerprint density at radius 2 is 2.11 bits per heavy atom. The van der Waals surface area contributed by atoms with E-state index < -0.39 is 4.92 Å². The van der Waals surface area contributed by atoms with E-state index in [0.29, 0.717) is 0 Å². The van der Waals surface area contributed by atoms with Crippen molar-refractivity contribution in [1.29, 1.82) is 0 Å². The predicted octanol–water partition coefficient (Wildman–Crippen LogP) is 3.60. The second-order valence-corrected chi connectivity index (χ2v) is 5.85. The first-order chi connectivity index (χ1) is 8.66. The number of nitro groups is 1. The Morgan fingerprint density at radius 1 is 1.39 bits per heavy atom. The molecule has 18 heavy (non-hydrogen) atoms. The van der Waals surface area contributed by atoms with Gasteiger partial charge in [-0.2, -0.15) is 11.8 Å². The number of nitrogens with two attached hydrogens (primary N) is 1. The van der Waals surface area contributed by atoms with Gasteiger partial charge in [-0.15, -0.1) is 0 Å². The van der Waals surface area contributed by atoms with E-state index >= 15 is 0 Å². The van der Waals surface area contributed by atoms with Gasteiger partial charge in [0.2, 0.25) is 0 Å². The fourth-order valence-electron chi connectivity index (χ4n) is 2.38. The fraction of sp³-hybridized carbons (Fsp3) is 0.538. The number of rotatable bonds is 5. The minimum atomic E-state index is -0.440. The van der Waals surface area contributed by atoms with Crippen LogP contribution in [-0.2, 0) is 5.75 Å². The van der Waals surface area contributed by atoms with Gasteiger partial charge in [0.05, 0.1) is 4.92 Å². The summed E-state index contributed by atoms with van der Waals surface area (Å²) in [5, 5.41) is 10.6. The SMILES string of the molecule is Nc1cc(CSCC2CCCC2)ccc1[N+](=O)[O-].